The molecule has 2 atom stereocenters. The Morgan fingerprint density at radius 2 is 1.44 bits per heavy atom. The van der Waals surface area contributed by atoms with Gasteiger partial charge in [-0.15, -0.1) is 0 Å². The van der Waals surface area contributed by atoms with Crippen LogP contribution in [-0.2, 0) is 4.79 Å². The van der Waals surface area contributed by atoms with Crippen molar-refractivity contribution >= 4 is 5.91 Å². The molecule has 1 aliphatic heterocycles. The first-order chi connectivity index (χ1) is 13.3. The Hall–Kier alpha value is -2.91. The van der Waals surface area contributed by atoms with E-state index >= 15 is 0 Å². The molecule has 136 valence electrons. The van der Waals surface area contributed by atoms with Gasteiger partial charge in [-0.1, -0.05) is 84.9 Å². The fourth-order valence-electron chi connectivity index (χ4n) is 3.98. The Bertz CT molecular complexity index is 891. The molecule has 0 bridgehead atoms. The molecule has 0 spiro atoms. The smallest absolute Gasteiger partial charge is 0.223 e. The van der Waals surface area contributed by atoms with Crippen LogP contribution in [0.4, 0.5) is 0 Å². The molecule has 1 N–H and O–H groups in total. The summed E-state index contributed by atoms with van der Waals surface area (Å²) < 4.78 is 0. The van der Waals surface area contributed by atoms with Crippen LogP contribution >= 0.6 is 0 Å². The number of nitrogens with zero attached hydrogens (tertiary/aromatic N) is 1. The van der Waals surface area contributed by atoms with E-state index in [4.69, 9.17) is 0 Å². The summed E-state index contributed by atoms with van der Waals surface area (Å²) in [5.74, 6) is 0.107. The van der Waals surface area contributed by atoms with Crippen molar-refractivity contribution in [3.8, 4) is 11.1 Å². The molecule has 1 saturated heterocycles. The van der Waals surface area contributed by atoms with Crippen molar-refractivity contribution in [1.82, 2.24) is 4.90 Å². The summed E-state index contributed by atoms with van der Waals surface area (Å²) in [6.07, 6.45) is 1.31. The van der Waals surface area contributed by atoms with E-state index in [2.05, 4.69) is 36.4 Å². The second kappa shape index (κ2) is 7.77. The number of rotatable bonds is 5. The average Bonchev–Trinajstić information content (AvgIpc) is 3.12. The summed E-state index contributed by atoms with van der Waals surface area (Å²) >= 11 is 0. The first-order valence-corrected chi connectivity index (χ1v) is 9.40. The topological polar surface area (TPSA) is 40.5 Å². The van der Waals surface area contributed by atoms with Gasteiger partial charge in [-0.2, -0.15) is 0 Å². The summed E-state index contributed by atoms with van der Waals surface area (Å²) in [6, 6.07) is 28.2. The molecular weight excluding hydrogens is 334 g/mol. The molecule has 27 heavy (non-hydrogen) atoms. The normalized spacial score (nSPS) is 17.9. The predicted octanol–water partition coefficient (Wildman–Crippen LogP) is 4.75. The van der Waals surface area contributed by atoms with Crippen LogP contribution in [0.2, 0.25) is 0 Å². The van der Waals surface area contributed by atoms with E-state index in [0.717, 1.165) is 23.1 Å². The van der Waals surface area contributed by atoms with Gasteiger partial charge in [0.15, 0.2) is 0 Å². The molecule has 1 amide bonds. The highest BCUT2D eigenvalue weighted by molar-refractivity contribution is 5.79. The lowest BCUT2D eigenvalue weighted by Crippen LogP contribution is -2.34. The van der Waals surface area contributed by atoms with Crippen LogP contribution in [0.1, 0.15) is 36.1 Å². The highest BCUT2D eigenvalue weighted by Crippen LogP contribution is 2.39. The van der Waals surface area contributed by atoms with Crippen molar-refractivity contribution in [2.75, 3.05) is 6.61 Å². The van der Waals surface area contributed by atoms with Crippen LogP contribution in [0.15, 0.2) is 84.9 Å². The first kappa shape index (κ1) is 17.5. The van der Waals surface area contributed by atoms with Gasteiger partial charge in [0.1, 0.15) is 0 Å². The lowest BCUT2D eigenvalue weighted by Gasteiger charge is -2.33. The molecule has 1 aliphatic rings. The molecule has 0 aliphatic carbocycles. The maximum atomic E-state index is 12.6. The average molecular weight is 357 g/mol. The van der Waals surface area contributed by atoms with E-state index < -0.39 is 0 Å². The van der Waals surface area contributed by atoms with Gasteiger partial charge in [-0.05, 0) is 28.7 Å². The van der Waals surface area contributed by atoms with Crippen molar-refractivity contribution in [3.63, 3.8) is 0 Å². The van der Waals surface area contributed by atoms with Crippen molar-refractivity contribution in [1.29, 1.82) is 0 Å². The van der Waals surface area contributed by atoms with Crippen LogP contribution in [0.25, 0.3) is 11.1 Å². The van der Waals surface area contributed by atoms with E-state index in [-0.39, 0.29) is 24.6 Å². The number of hydrogen-bond acceptors (Lipinski definition) is 2. The lowest BCUT2D eigenvalue weighted by molar-refractivity contribution is -0.132. The summed E-state index contributed by atoms with van der Waals surface area (Å²) in [6.45, 7) is -0.0750. The van der Waals surface area contributed by atoms with Gasteiger partial charge >= 0.3 is 0 Å². The van der Waals surface area contributed by atoms with Gasteiger partial charge in [0.25, 0.3) is 0 Å². The Kier molecular flexibility index (Phi) is 5.03. The molecular formula is C24H23NO2. The first-order valence-electron chi connectivity index (χ1n) is 9.40. The third kappa shape index (κ3) is 3.51. The number of aliphatic hydroxyl groups excluding tert-OH is 1. The third-order valence-corrected chi connectivity index (χ3v) is 5.35. The van der Waals surface area contributed by atoms with Gasteiger partial charge in [-0.3, -0.25) is 4.79 Å². The highest BCUT2D eigenvalue weighted by atomic mass is 16.3. The summed E-state index contributed by atoms with van der Waals surface area (Å²) in [7, 11) is 0. The Morgan fingerprint density at radius 3 is 2.07 bits per heavy atom. The minimum atomic E-state index is -0.306. The van der Waals surface area contributed by atoms with Crippen LogP contribution in [0, 0.1) is 0 Å². The predicted molar refractivity (Wildman–Crippen MR) is 107 cm³/mol. The number of benzene rings is 3. The zero-order valence-corrected chi connectivity index (χ0v) is 15.2. The van der Waals surface area contributed by atoms with Crippen molar-refractivity contribution in [2.24, 2.45) is 0 Å². The largest absolute Gasteiger partial charge is 0.394 e. The minimum absolute atomic E-state index is 0.000297. The van der Waals surface area contributed by atoms with Gasteiger partial charge in [-0.25, -0.2) is 0 Å². The summed E-state index contributed by atoms with van der Waals surface area (Å²) in [4.78, 5) is 14.5. The molecule has 3 heteroatoms. The van der Waals surface area contributed by atoms with Gasteiger partial charge in [0.05, 0.1) is 18.7 Å². The standard InChI is InChI=1S/C24H23NO2/c26-17-23(20-9-5-2-6-10-20)25-22(15-16-24(25)27)21-13-11-19(12-14-21)18-7-3-1-4-8-18/h1-14,22-23,26H,15-17H2. The van der Waals surface area contributed by atoms with E-state index in [9.17, 15) is 9.90 Å². The zero-order chi connectivity index (χ0) is 18.6. The van der Waals surface area contributed by atoms with E-state index in [1.807, 2.05) is 53.4 Å². The maximum absolute atomic E-state index is 12.6. The lowest BCUT2D eigenvalue weighted by atomic mass is 9.98. The number of amides is 1. The van der Waals surface area contributed by atoms with Crippen LogP contribution in [0.5, 0.6) is 0 Å². The number of aliphatic hydroxyl groups is 1. The number of carbonyl (C=O) groups excluding carboxylic acids is 1. The van der Waals surface area contributed by atoms with E-state index in [1.54, 1.807) is 0 Å². The number of carbonyl (C=O) groups is 1. The van der Waals surface area contributed by atoms with E-state index in [1.165, 1.54) is 5.56 Å². The van der Waals surface area contributed by atoms with Crippen molar-refractivity contribution in [3.05, 3.63) is 96.1 Å². The molecule has 1 fully saturated rings. The Balaban J connectivity index is 1.63. The van der Waals surface area contributed by atoms with Gasteiger partial charge in [0, 0.05) is 6.42 Å². The number of likely N-dealkylation sites (tertiary alicyclic amines) is 1. The van der Waals surface area contributed by atoms with Gasteiger partial charge < -0.3 is 10.0 Å². The highest BCUT2D eigenvalue weighted by Gasteiger charge is 2.37. The Labute approximate surface area is 159 Å². The van der Waals surface area contributed by atoms with Crippen molar-refractivity contribution in [2.45, 2.75) is 24.9 Å². The molecule has 4 rings (SSSR count). The molecule has 3 nitrogen and oxygen atoms in total. The second-order valence-corrected chi connectivity index (χ2v) is 6.95. The van der Waals surface area contributed by atoms with Crippen LogP contribution in [-0.4, -0.2) is 22.5 Å². The molecule has 2 unspecified atom stereocenters. The number of hydrogen-bond donors (Lipinski definition) is 1. The van der Waals surface area contributed by atoms with Crippen LogP contribution < -0.4 is 0 Å². The zero-order valence-electron chi connectivity index (χ0n) is 15.2. The molecule has 0 aromatic heterocycles. The second-order valence-electron chi connectivity index (χ2n) is 6.95. The molecule has 3 aromatic carbocycles. The third-order valence-electron chi connectivity index (χ3n) is 5.35. The summed E-state index contributed by atoms with van der Waals surface area (Å²) in [5.41, 5.74) is 4.44. The monoisotopic (exact) mass is 357 g/mol. The molecule has 0 radical (unpaired) electrons. The fourth-order valence-corrected chi connectivity index (χ4v) is 3.98. The van der Waals surface area contributed by atoms with Crippen molar-refractivity contribution < 1.29 is 9.90 Å². The summed E-state index contributed by atoms with van der Waals surface area (Å²) in [5, 5.41) is 10.0. The SMILES string of the molecule is O=C1CCC(c2ccc(-c3ccccc3)cc2)N1C(CO)c1ccccc1. The maximum Gasteiger partial charge on any atom is 0.223 e. The minimum Gasteiger partial charge on any atom is -0.394 e. The molecule has 0 saturated carbocycles. The fraction of sp³-hybridized carbons (Fsp3) is 0.208. The van der Waals surface area contributed by atoms with Gasteiger partial charge in [0.2, 0.25) is 5.91 Å². The Morgan fingerprint density at radius 1 is 0.852 bits per heavy atom. The molecule has 3 aromatic rings. The van der Waals surface area contributed by atoms with E-state index in [0.29, 0.717) is 6.42 Å². The van der Waals surface area contributed by atoms with Crippen LogP contribution in [0.3, 0.4) is 0 Å². The molecule has 1 heterocycles. The quantitative estimate of drug-likeness (QED) is 0.716.